The minimum Gasteiger partial charge on any atom is -0.370 e. The van der Waals surface area contributed by atoms with Crippen molar-refractivity contribution in [3.8, 4) is 0 Å². The molecule has 0 aromatic heterocycles. The number of likely N-dealkylation sites (tertiary alicyclic amines) is 1. The number of ether oxygens (including phenoxy) is 1. The molecule has 2 N–H and O–H groups in total. The van der Waals surface area contributed by atoms with Crippen LogP contribution < -0.4 is 10.6 Å². The smallest absolute Gasteiger partial charge is 0.370 e. The summed E-state index contributed by atoms with van der Waals surface area (Å²) in [6, 6.07) is 14.2. The number of hydrogen-bond acceptors (Lipinski definition) is 4. The monoisotopic (exact) mass is 503 g/mol. The summed E-state index contributed by atoms with van der Waals surface area (Å²) in [5.41, 5.74) is -0.00940. The summed E-state index contributed by atoms with van der Waals surface area (Å²) in [5.74, 6) is -1.14. The van der Waals surface area contributed by atoms with E-state index in [1.807, 2.05) is 30.3 Å². The van der Waals surface area contributed by atoms with Crippen LogP contribution in [0.5, 0.6) is 0 Å². The van der Waals surface area contributed by atoms with Crippen LogP contribution in [0.3, 0.4) is 0 Å². The molecular formula is C27H32F3N3O3. The minimum atomic E-state index is -4.55. The van der Waals surface area contributed by atoms with Gasteiger partial charge >= 0.3 is 6.18 Å². The molecule has 1 saturated carbocycles. The van der Waals surface area contributed by atoms with Crippen LogP contribution in [0.25, 0.3) is 0 Å². The maximum absolute atomic E-state index is 12.9. The molecule has 4 rings (SSSR count). The summed E-state index contributed by atoms with van der Waals surface area (Å²) in [6.07, 6.45) is 1.19. The number of halogens is 3. The minimum absolute atomic E-state index is 0.147. The second-order valence-corrected chi connectivity index (χ2v) is 9.52. The van der Waals surface area contributed by atoms with Crippen LogP contribution in [-0.4, -0.2) is 54.5 Å². The SMILES string of the molecule is O=C(CNC(=O)c1cccc(C(F)(F)F)c1)NC1CN(C2CCCCC2)C[C@@H]1OCc1ccccc1. The van der Waals surface area contributed by atoms with Crippen molar-refractivity contribution in [2.75, 3.05) is 19.6 Å². The molecular weight excluding hydrogens is 471 g/mol. The first-order valence-corrected chi connectivity index (χ1v) is 12.4. The van der Waals surface area contributed by atoms with Crippen molar-refractivity contribution in [3.05, 3.63) is 71.3 Å². The number of rotatable bonds is 8. The molecule has 2 fully saturated rings. The Balaban J connectivity index is 1.34. The third kappa shape index (κ3) is 7.07. The van der Waals surface area contributed by atoms with Gasteiger partial charge in [-0.1, -0.05) is 55.7 Å². The lowest BCUT2D eigenvalue weighted by atomic mass is 9.94. The van der Waals surface area contributed by atoms with Gasteiger partial charge in [0.1, 0.15) is 0 Å². The van der Waals surface area contributed by atoms with E-state index in [0.717, 1.165) is 37.1 Å². The van der Waals surface area contributed by atoms with Crippen LogP contribution in [-0.2, 0) is 22.3 Å². The Kier molecular flexibility index (Phi) is 8.64. The molecule has 6 nitrogen and oxygen atoms in total. The van der Waals surface area contributed by atoms with Crippen LogP contribution in [0.4, 0.5) is 13.2 Å². The zero-order valence-electron chi connectivity index (χ0n) is 20.1. The number of carbonyl (C=O) groups is 2. The Labute approximate surface area is 209 Å². The van der Waals surface area contributed by atoms with E-state index in [9.17, 15) is 22.8 Å². The van der Waals surface area contributed by atoms with Crippen molar-refractivity contribution in [2.24, 2.45) is 0 Å². The number of nitrogens with one attached hydrogen (secondary N) is 2. The molecule has 2 amide bonds. The predicted octanol–water partition coefficient (Wildman–Crippen LogP) is 4.15. The van der Waals surface area contributed by atoms with Gasteiger partial charge in [0, 0.05) is 24.7 Å². The average Bonchev–Trinajstić information content (AvgIpc) is 3.29. The zero-order chi connectivity index (χ0) is 25.5. The van der Waals surface area contributed by atoms with E-state index in [1.165, 1.54) is 31.4 Å². The number of nitrogens with zero attached hydrogens (tertiary/aromatic N) is 1. The second kappa shape index (κ2) is 11.9. The van der Waals surface area contributed by atoms with Crippen LogP contribution >= 0.6 is 0 Å². The molecule has 1 saturated heterocycles. The molecule has 0 bridgehead atoms. The van der Waals surface area contributed by atoms with Gasteiger partial charge in [-0.3, -0.25) is 14.5 Å². The molecule has 1 aliphatic heterocycles. The molecule has 0 radical (unpaired) electrons. The molecule has 194 valence electrons. The fraction of sp³-hybridized carbons (Fsp3) is 0.481. The lowest BCUT2D eigenvalue weighted by molar-refractivity contribution is -0.137. The van der Waals surface area contributed by atoms with Gasteiger partial charge in [-0.25, -0.2) is 0 Å². The van der Waals surface area contributed by atoms with E-state index in [0.29, 0.717) is 19.2 Å². The van der Waals surface area contributed by atoms with E-state index < -0.39 is 23.6 Å². The molecule has 0 spiro atoms. The first kappa shape index (κ1) is 26.2. The molecule has 1 unspecified atom stereocenters. The normalized spacial score (nSPS) is 21.3. The summed E-state index contributed by atoms with van der Waals surface area (Å²) in [7, 11) is 0. The van der Waals surface area contributed by atoms with Crippen LogP contribution in [0.2, 0.25) is 0 Å². The van der Waals surface area contributed by atoms with Gasteiger partial charge < -0.3 is 15.4 Å². The highest BCUT2D eigenvalue weighted by Gasteiger charge is 2.38. The predicted molar refractivity (Wildman–Crippen MR) is 129 cm³/mol. The number of amides is 2. The average molecular weight is 504 g/mol. The van der Waals surface area contributed by atoms with Crippen molar-refractivity contribution < 1.29 is 27.5 Å². The highest BCUT2D eigenvalue weighted by Crippen LogP contribution is 2.30. The molecule has 2 aromatic rings. The van der Waals surface area contributed by atoms with E-state index in [4.69, 9.17) is 4.74 Å². The van der Waals surface area contributed by atoms with Crippen molar-refractivity contribution in [1.82, 2.24) is 15.5 Å². The largest absolute Gasteiger partial charge is 0.416 e. The Morgan fingerprint density at radius 3 is 2.44 bits per heavy atom. The van der Waals surface area contributed by atoms with Crippen LogP contribution in [0.1, 0.15) is 53.6 Å². The maximum Gasteiger partial charge on any atom is 0.416 e. The fourth-order valence-corrected chi connectivity index (χ4v) is 4.99. The van der Waals surface area contributed by atoms with Gasteiger partial charge in [0.05, 0.1) is 30.9 Å². The first-order valence-electron chi connectivity index (χ1n) is 12.4. The Bertz CT molecular complexity index is 1030. The number of carbonyl (C=O) groups excluding carboxylic acids is 2. The van der Waals surface area contributed by atoms with Crippen molar-refractivity contribution >= 4 is 11.8 Å². The maximum atomic E-state index is 12.9. The standard InChI is InChI=1S/C27H32F3N3O3/c28-27(29,30)21-11-7-10-20(14-21)26(35)31-15-25(34)32-23-16-33(22-12-5-2-6-13-22)17-24(23)36-18-19-8-3-1-4-9-19/h1,3-4,7-11,14,22-24H,2,5-6,12-13,15-18H2,(H,31,35)(H,32,34)/t23?,24-/m0/s1. The van der Waals surface area contributed by atoms with Crippen molar-refractivity contribution in [2.45, 2.75) is 63.1 Å². The summed E-state index contributed by atoms with van der Waals surface area (Å²) in [4.78, 5) is 27.4. The number of hydrogen-bond donors (Lipinski definition) is 2. The third-order valence-electron chi connectivity index (χ3n) is 6.90. The summed E-state index contributed by atoms with van der Waals surface area (Å²) in [6.45, 7) is 1.49. The molecule has 2 atom stereocenters. The molecule has 9 heteroatoms. The van der Waals surface area contributed by atoms with Gasteiger partial charge in [-0.2, -0.15) is 13.2 Å². The Morgan fingerprint density at radius 2 is 1.72 bits per heavy atom. The summed E-state index contributed by atoms with van der Waals surface area (Å²) < 4.78 is 45.0. The highest BCUT2D eigenvalue weighted by atomic mass is 19.4. The number of alkyl halides is 3. The molecule has 36 heavy (non-hydrogen) atoms. The van der Waals surface area contributed by atoms with E-state index in [1.54, 1.807) is 0 Å². The second-order valence-electron chi connectivity index (χ2n) is 9.52. The fourth-order valence-electron chi connectivity index (χ4n) is 4.99. The molecule has 1 heterocycles. The molecule has 1 aliphatic carbocycles. The van der Waals surface area contributed by atoms with E-state index in [-0.39, 0.29) is 24.3 Å². The Hall–Kier alpha value is -2.91. The lowest BCUT2D eigenvalue weighted by Crippen LogP contribution is -2.47. The lowest BCUT2D eigenvalue weighted by Gasteiger charge is -2.30. The van der Waals surface area contributed by atoms with Crippen LogP contribution in [0, 0.1) is 0 Å². The van der Waals surface area contributed by atoms with Crippen LogP contribution in [0.15, 0.2) is 54.6 Å². The molecule has 2 aliphatic rings. The van der Waals surface area contributed by atoms with Gasteiger partial charge in [0.15, 0.2) is 0 Å². The summed E-state index contributed by atoms with van der Waals surface area (Å²) >= 11 is 0. The zero-order valence-corrected chi connectivity index (χ0v) is 20.1. The van der Waals surface area contributed by atoms with Gasteiger partial charge in [0.2, 0.25) is 5.91 Å². The van der Waals surface area contributed by atoms with Gasteiger partial charge in [-0.05, 0) is 36.6 Å². The van der Waals surface area contributed by atoms with Gasteiger partial charge in [-0.15, -0.1) is 0 Å². The topological polar surface area (TPSA) is 70.7 Å². The highest BCUT2D eigenvalue weighted by molar-refractivity contribution is 5.96. The molecule has 2 aromatic carbocycles. The first-order chi connectivity index (χ1) is 17.3. The quantitative estimate of drug-likeness (QED) is 0.568. The third-order valence-corrected chi connectivity index (χ3v) is 6.90. The Morgan fingerprint density at radius 1 is 0.972 bits per heavy atom. The van der Waals surface area contributed by atoms with Crippen molar-refractivity contribution in [1.29, 1.82) is 0 Å². The van der Waals surface area contributed by atoms with Crippen molar-refractivity contribution in [3.63, 3.8) is 0 Å². The van der Waals surface area contributed by atoms with E-state index >= 15 is 0 Å². The number of benzene rings is 2. The van der Waals surface area contributed by atoms with Gasteiger partial charge in [0.25, 0.3) is 5.91 Å². The summed E-state index contributed by atoms with van der Waals surface area (Å²) in [5, 5.41) is 5.40. The van der Waals surface area contributed by atoms with E-state index in [2.05, 4.69) is 15.5 Å².